The molecule has 7 aromatic carbocycles. The Kier molecular flexibility index (Phi) is 17.9. The average Bonchev–Trinajstić information content (AvgIpc) is 4.56. The number of thiazole rings is 1. The summed E-state index contributed by atoms with van der Waals surface area (Å²) < 4.78 is 27.8. The van der Waals surface area contributed by atoms with E-state index >= 15 is 0 Å². The van der Waals surface area contributed by atoms with Crippen LogP contribution in [0.15, 0.2) is 204 Å². The van der Waals surface area contributed by atoms with Gasteiger partial charge in [-0.1, -0.05) is 96.2 Å². The lowest BCUT2D eigenvalue weighted by molar-refractivity contribution is 0.551. The Morgan fingerprint density at radius 2 is 0.988 bits per heavy atom. The fourth-order valence-electron chi connectivity index (χ4n) is 8.52. The largest absolute Gasteiger partial charge is 0.441 e. The van der Waals surface area contributed by atoms with Gasteiger partial charge < -0.3 is 27.1 Å². The molecular formula is C64H56N14O5S. The SMILES string of the molecule is Cc1nc2c(ccc3ccccc32)o1.Cc1nc2cc3ccccc3cc2o1.Cc1nc2ccccc2[nH]1.Cc1nc2ccccc2o1.Cc1nc2ccccc2s1.Cc1nc2cccnc2o1.Cc1nc2ncccc2o1.Cc1nn[nH]n1. The van der Waals surface area contributed by atoms with Crippen molar-refractivity contribution < 1.29 is 22.1 Å². The molecule has 0 bridgehead atoms. The molecule has 17 rings (SSSR count). The molecule has 0 aliphatic carbocycles. The Hall–Kier alpha value is -10.9. The molecule has 84 heavy (non-hydrogen) atoms. The summed E-state index contributed by atoms with van der Waals surface area (Å²) in [5.41, 5.74) is 11.5. The summed E-state index contributed by atoms with van der Waals surface area (Å²) in [6.45, 7) is 15.0. The molecule has 418 valence electrons. The first kappa shape index (κ1) is 56.4. The third-order valence-corrected chi connectivity index (χ3v) is 13.0. The standard InChI is InChI=1S/2C12H9NO.C8H8N2.C8H7NO.C8H7NS.2C7H6N2O.C2H4N4/c1-8-13-11-6-9-4-2-3-5-10(9)7-12(11)14-8;1-8-13-12-10-5-3-2-4-9(10)6-7-11(12)14-8;3*1-6-9-7-4-2-3-5-8(7)10-6;1-5-9-7-6(10-5)3-2-4-8-7;1-5-9-6-3-2-4-8-7(6)10-5;1-2-3-5-6-4-2/h2*2-7H,1H3;2-5H,1H3,(H,9,10);2*2-5H,1H3;2*2-4H,1H3;1H3,(H,3,4,5,6). The molecule has 0 fully saturated rings. The maximum atomic E-state index is 5.46. The van der Waals surface area contributed by atoms with Crippen molar-refractivity contribution in [3.8, 4) is 0 Å². The number of aryl methyl sites for hydroxylation is 8. The van der Waals surface area contributed by atoms with Gasteiger partial charge in [0.15, 0.2) is 63.3 Å². The summed E-state index contributed by atoms with van der Waals surface area (Å²) in [4.78, 5) is 40.6. The summed E-state index contributed by atoms with van der Waals surface area (Å²) in [6, 6.07) is 55.9. The van der Waals surface area contributed by atoms with Crippen LogP contribution < -0.4 is 0 Å². The van der Waals surface area contributed by atoms with Crippen LogP contribution in [0.1, 0.15) is 46.1 Å². The third-order valence-electron chi connectivity index (χ3n) is 12.1. The van der Waals surface area contributed by atoms with Gasteiger partial charge in [-0.2, -0.15) is 10.2 Å². The van der Waals surface area contributed by atoms with E-state index in [1.165, 1.54) is 20.9 Å². The number of aromatic amines is 2. The number of nitrogens with one attached hydrogen (secondary N) is 2. The summed E-state index contributed by atoms with van der Waals surface area (Å²) >= 11 is 1.74. The summed E-state index contributed by atoms with van der Waals surface area (Å²) in [5, 5.41) is 18.6. The number of aromatic nitrogens is 14. The van der Waals surface area contributed by atoms with Gasteiger partial charge in [-0.05, 0) is 116 Å². The van der Waals surface area contributed by atoms with Crippen molar-refractivity contribution in [2.75, 3.05) is 0 Å². The second kappa shape index (κ2) is 26.6. The summed E-state index contributed by atoms with van der Waals surface area (Å²) in [6.07, 6.45) is 3.39. The normalized spacial score (nSPS) is 10.6. The number of rotatable bonds is 0. The van der Waals surface area contributed by atoms with Gasteiger partial charge in [-0.25, -0.2) is 39.9 Å². The second-order valence-corrected chi connectivity index (χ2v) is 19.8. The van der Waals surface area contributed by atoms with Crippen molar-refractivity contribution in [2.24, 2.45) is 0 Å². The number of imidazole rings is 1. The lowest BCUT2D eigenvalue weighted by Crippen LogP contribution is -1.74. The van der Waals surface area contributed by atoms with Crippen LogP contribution in [0, 0.1) is 55.4 Å². The minimum atomic E-state index is 0.611. The Bertz CT molecular complexity index is 4260. The van der Waals surface area contributed by atoms with Crippen molar-refractivity contribution in [1.29, 1.82) is 0 Å². The predicted molar refractivity (Wildman–Crippen MR) is 328 cm³/mol. The topological polar surface area (TPSA) is 252 Å². The molecule has 10 aromatic heterocycles. The summed E-state index contributed by atoms with van der Waals surface area (Å²) in [7, 11) is 0. The van der Waals surface area contributed by atoms with Gasteiger partial charge in [-0.3, -0.25) is 0 Å². The van der Waals surface area contributed by atoms with E-state index in [0.717, 1.165) is 94.8 Å². The van der Waals surface area contributed by atoms with Crippen LogP contribution in [0.2, 0.25) is 0 Å². The van der Waals surface area contributed by atoms with E-state index in [4.69, 9.17) is 22.1 Å². The number of tetrazole rings is 1. The highest BCUT2D eigenvalue weighted by Crippen LogP contribution is 2.26. The highest BCUT2D eigenvalue weighted by molar-refractivity contribution is 7.18. The molecule has 0 aliphatic rings. The van der Waals surface area contributed by atoms with Crippen LogP contribution in [0.25, 0.3) is 98.6 Å². The van der Waals surface area contributed by atoms with E-state index in [-0.39, 0.29) is 0 Å². The van der Waals surface area contributed by atoms with E-state index in [1.54, 1.807) is 30.7 Å². The highest BCUT2D eigenvalue weighted by atomic mass is 32.1. The first-order valence-corrected chi connectivity index (χ1v) is 27.3. The Labute approximate surface area is 483 Å². The minimum Gasteiger partial charge on any atom is -0.441 e. The van der Waals surface area contributed by atoms with Gasteiger partial charge in [0.2, 0.25) is 5.71 Å². The molecule has 10 heterocycles. The number of hydrogen-bond donors (Lipinski definition) is 2. The van der Waals surface area contributed by atoms with Crippen molar-refractivity contribution >= 4 is 110 Å². The second-order valence-electron chi connectivity index (χ2n) is 18.6. The molecule has 0 aliphatic heterocycles. The zero-order chi connectivity index (χ0) is 58.4. The molecule has 0 atom stereocenters. The predicted octanol–water partition coefficient (Wildman–Crippen LogP) is 15.8. The zero-order valence-corrected chi connectivity index (χ0v) is 48.0. The Morgan fingerprint density at radius 3 is 1.71 bits per heavy atom. The van der Waals surface area contributed by atoms with E-state index in [2.05, 4.69) is 113 Å². The molecule has 0 saturated carbocycles. The maximum Gasteiger partial charge on any atom is 0.246 e. The molecular weight excluding hydrogens is 1080 g/mol. The molecule has 20 heteroatoms. The van der Waals surface area contributed by atoms with E-state index in [1.807, 2.05) is 176 Å². The van der Waals surface area contributed by atoms with Gasteiger partial charge >= 0.3 is 0 Å². The summed E-state index contributed by atoms with van der Waals surface area (Å²) in [5.74, 6) is 5.13. The molecule has 19 nitrogen and oxygen atoms in total. The number of oxazole rings is 5. The lowest BCUT2D eigenvalue weighted by atomic mass is 10.1. The first-order chi connectivity index (χ1) is 40.9. The number of para-hydroxylation sites is 5. The monoisotopic (exact) mass is 1130 g/mol. The Morgan fingerprint density at radius 1 is 0.405 bits per heavy atom. The molecule has 0 spiro atoms. The van der Waals surface area contributed by atoms with E-state index in [9.17, 15) is 0 Å². The minimum absolute atomic E-state index is 0.611. The van der Waals surface area contributed by atoms with Crippen LogP contribution >= 0.6 is 11.3 Å². The highest BCUT2D eigenvalue weighted by Gasteiger charge is 2.07. The fraction of sp³-hybridized carbons (Fsp3) is 0.125. The van der Waals surface area contributed by atoms with Crippen LogP contribution in [-0.4, -0.2) is 70.5 Å². The van der Waals surface area contributed by atoms with Gasteiger partial charge in [0, 0.05) is 52.4 Å². The van der Waals surface area contributed by atoms with Gasteiger partial charge in [0.1, 0.15) is 27.9 Å². The molecule has 0 unspecified atom stereocenters. The molecule has 2 N–H and O–H groups in total. The number of nitrogens with zero attached hydrogens (tertiary/aromatic N) is 12. The van der Waals surface area contributed by atoms with Gasteiger partial charge in [-0.15, -0.1) is 21.5 Å². The molecule has 0 radical (unpaired) electrons. The number of H-pyrrole nitrogens is 2. The van der Waals surface area contributed by atoms with Crippen molar-refractivity contribution in [3.63, 3.8) is 0 Å². The number of hydrogen-bond acceptors (Lipinski definition) is 18. The van der Waals surface area contributed by atoms with Crippen molar-refractivity contribution in [3.05, 3.63) is 228 Å². The van der Waals surface area contributed by atoms with E-state index < -0.39 is 0 Å². The van der Waals surface area contributed by atoms with Crippen molar-refractivity contribution in [2.45, 2.75) is 55.4 Å². The fourth-order valence-corrected chi connectivity index (χ4v) is 9.35. The van der Waals surface area contributed by atoms with E-state index in [0.29, 0.717) is 29.0 Å². The Balaban J connectivity index is 0.000000108. The quantitative estimate of drug-likeness (QED) is 0.143. The van der Waals surface area contributed by atoms with Crippen LogP contribution in [-0.2, 0) is 0 Å². The zero-order valence-electron chi connectivity index (χ0n) is 47.1. The number of fused-ring (bicyclic) bond motifs is 10. The molecule has 17 aromatic rings. The van der Waals surface area contributed by atoms with Crippen LogP contribution in [0.5, 0.6) is 0 Å². The lowest BCUT2D eigenvalue weighted by Gasteiger charge is -1.95. The number of pyridine rings is 2. The van der Waals surface area contributed by atoms with Gasteiger partial charge in [0.25, 0.3) is 0 Å². The number of benzene rings is 7. The van der Waals surface area contributed by atoms with Crippen molar-refractivity contribution in [1.82, 2.24) is 70.5 Å². The smallest absolute Gasteiger partial charge is 0.246 e. The average molecular weight is 1130 g/mol. The first-order valence-electron chi connectivity index (χ1n) is 26.5. The maximum absolute atomic E-state index is 5.46. The molecule has 0 saturated heterocycles. The van der Waals surface area contributed by atoms with Gasteiger partial charge in [0.05, 0.1) is 26.3 Å². The molecule has 0 amide bonds. The third kappa shape index (κ3) is 14.7. The van der Waals surface area contributed by atoms with Crippen LogP contribution in [0.4, 0.5) is 0 Å². The van der Waals surface area contributed by atoms with Crippen LogP contribution in [0.3, 0.4) is 0 Å².